The van der Waals surface area contributed by atoms with Gasteiger partial charge in [-0.15, -0.1) is 11.3 Å². The van der Waals surface area contributed by atoms with E-state index in [9.17, 15) is 5.11 Å². The van der Waals surface area contributed by atoms with Gasteiger partial charge in [-0.05, 0) is 24.3 Å². The van der Waals surface area contributed by atoms with Crippen LogP contribution >= 0.6 is 27.3 Å². The van der Waals surface area contributed by atoms with Crippen molar-refractivity contribution in [1.82, 2.24) is 0 Å². The van der Waals surface area contributed by atoms with Crippen LogP contribution in [-0.4, -0.2) is 9.93 Å². The Labute approximate surface area is 78.2 Å². The summed E-state index contributed by atoms with van der Waals surface area (Å²) in [6.07, 6.45) is 1.97. The summed E-state index contributed by atoms with van der Waals surface area (Å²) in [5.41, 5.74) is -0.561. The minimum absolute atomic E-state index is 0.258. The molecule has 1 saturated carbocycles. The van der Waals surface area contributed by atoms with Crippen molar-refractivity contribution < 1.29 is 5.11 Å². The summed E-state index contributed by atoms with van der Waals surface area (Å²) < 4.78 is 0. The largest absolute Gasteiger partial charge is 0.383 e. The molecule has 0 unspecified atom stereocenters. The first kappa shape index (κ1) is 7.77. The zero-order chi connectivity index (χ0) is 7.90. The van der Waals surface area contributed by atoms with Crippen LogP contribution < -0.4 is 0 Å². The SMILES string of the molecule is O[C@]1(c2cccs2)CC[C@H]1Br. The summed E-state index contributed by atoms with van der Waals surface area (Å²) in [6.45, 7) is 0. The van der Waals surface area contributed by atoms with Gasteiger partial charge in [0.15, 0.2) is 0 Å². The maximum absolute atomic E-state index is 10.0. The lowest BCUT2D eigenvalue weighted by Gasteiger charge is -2.41. The molecule has 11 heavy (non-hydrogen) atoms. The van der Waals surface area contributed by atoms with Gasteiger partial charge in [0, 0.05) is 9.70 Å². The first-order chi connectivity index (χ1) is 5.23. The van der Waals surface area contributed by atoms with E-state index in [1.807, 2.05) is 17.5 Å². The molecule has 1 aromatic heterocycles. The topological polar surface area (TPSA) is 20.2 Å². The Bertz CT molecular complexity index is 247. The van der Waals surface area contributed by atoms with Crippen LogP contribution in [0.15, 0.2) is 17.5 Å². The Balaban J connectivity index is 2.28. The Morgan fingerprint density at radius 3 is 2.91 bits per heavy atom. The van der Waals surface area contributed by atoms with E-state index in [4.69, 9.17) is 0 Å². The van der Waals surface area contributed by atoms with Gasteiger partial charge in [0.1, 0.15) is 5.60 Å². The van der Waals surface area contributed by atoms with E-state index in [1.165, 1.54) is 0 Å². The van der Waals surface area contributed by atoms with Crippen LogP contribution in [0.5, 0.6) is 0 Å². The number of aliphatic hydroxyl groups is 1. The third-order valence-corrected chi connectivity index (χ3v) is 4.50. The van der Waals surface area contributed by atoms with Gasteiger partial charge in [-0.3, -0.25) is 0 Å². The Morgan fingerprint density at radius 2 is 2.55 bits per heavy atom. The van der Waals surface area contributed by atoms with Gasteiger partial charge in [-0.1, -0.05) is 22.0 Å². The highest BCUT2D eigenvalue weighted by Gasteiger charge is 2.45. The fourth-order valence-corrected chi connectivity index (χ4v) is 3.09. The molecular formula is C8H9BrOS. The van der Waals surface area contributed by atoms with Gasteiger partial charge < -0.3 is 5.11 Å². The van der Waals surface area contributed by atoms with Gasteiger partial charge in [-0.25, -0.2) is 0 Å². The van der Waals surface area contributed by atoms with Gasteiger partial charge in [0.25, 0.3) is 0 Å². The number of hydrogen-bond donors (Lipinski definition) is 1. The molecule has 60 valence electrons. The molecule has 1 heterocycles. The zero-order valence-electron chi connectivity index (χ0n) is 5.96. The minimum Gasteiger partial charge on any atom is -0.383 e. The predicted molar refractivity (Wildman–Crippen MR) is 50.2 cm³/mol. The summed E-state index contributed by atoms with van der Waals surface area (Å²) in [5, 5.41) is 12.0. The number of thiophene rings is 1. The van der Waals surface area contributed by atoms with Crippen LogP contribution in [0.3, 0.4) is 0 Å². The van der Waals surface area contributed by atoms with Crippen molar-refractivity contribution in [3.8, 4) is 0 Å². The van der Waals surface area contributed by atoms with Gasteiger partial charge in [0.05, 0.1) is 0 Å². The minimum atomic E-state index is -0.561. The normalized spacial score (nSPS) is 36.7. The molecule has 1 aliphatic carbocycles. The lowest BCUT2D eigenvalue weighted by molar-refractivity contribution is -0.0245. The lowest BCUT2D eigenvalue weighted by atomic mass is 9.79. The number of hydrogen-bond acceptors (Lipinski definition) is 2. The molecule has 0 aliphatic heterocycles. The van der Waals surface area contributed by atoms with Crippen molar-refractivity contribution in [2.45, 2.75) is 23.3 Å². The third kappa shape index (κ3) is 1.06. The third-order valence-electron chi connectivity index (χ3n) is 2.24. The van der Waals surface area contributed by atoms with Crippen molar-refractivity contribution >= 4 is 27.3 Å². The Morgan fingerprint density at radius 1 is 1.73 bits per heavy atom. The van der Waals surface area contributed by atoms with Crippen LogP contribution in [0.25, 0.3) is 0 Å². The van der Waals surface area contributed by atoms with Gasteiger partial charge in [0.2, 0.25) is 0 Å². The summed E-state index contributed by atoms with van der Waals surface area (Å²) in [6, 6.07) is 3.98. The van der Waals surface area contributed by atoms with E-state index in [0.717, 1.165) is 17.7 Å². The maximum atomic E-state index is 10.0. The number of rotatable bonds is 1. The molecule has 1 aromatic rings. The second-order valence-electron chi connectivity index (χ2n) is 2.91. The molecule has 1 fully saturated rings. The highest BCUT2D eigenvalue weighted by Crippen LogP contribution is 2.47. The molecule has 0 saturated heterocycles. The van der Waals surface area contributed by atoms with E-state index < -0.39 is 5.60 Å². The molecule has 1 aliphatic rings. The highest BCUT2D eigenvalue weighted by molar-refractivity contribution is 9.09. The summed E-state index contributed by atoms with van der Waals surface area (Å²) >= 11 is 5.09. The average Bonchev–Trinajstić information content (AvgIpc) is 2.52. The molecule has 0 radical (unpaired) electrons. The molecule has 1 N–H and O–H groups in total. The van der Waals surface area contributed by atoms with E-state index in [2.05, 4.69) is 15.9 Å². The first-order valence-electron chi connectivity index (χ1n) is 3.64. The lowest BCUT2D eigenvalue weighted by Crippen LogP contribution is -2.44. The maximum Gasteiger partial charge on any atom is 0.111 e. The van der Waals surface area contributed by atoms with Crippen LogP contribution in [-0.2, 0) is 5.60 Å². The fraction of sp³-hybridized carbons (Fsp3) is 0.500. The van der Waals surface area contributed by atoms with Crippen molar-refractivity contribution in [3.63, 3.8) is 0 Å². The quantitative estimate of drug-likeness (QED) is 0.739. The Hall–Kier alpha value is 0.140. The summed E-state index contributed by atoms with van der Waals surface area (Å²) in [4.78, 5) is 1.35. The van der Waals surface area contributed by atoms with Gasteiger partial charge in [-0.2, -0.15) is 0 Å². The van der Waals surface area contributed by atoms with Crippen LogP contribution in [0.1, 0.15) is 17.7 Å². The molecular weight excluding hydrogens is 224 g/mol. The number of alkyl halides is 1. The van der Waals surface area contributed by atoms with E-state index in [0.29, 0.717) is 0 Å². The van der Waals surface area contributed by atoms with E-state index >= 15 is 0 Å². The van der Waals surface area contributed by atoms with Crippen molar-refractivity contribution in [3.05, 3.63) is 22.4 Å². The number of halogens is 1. The van der Waals surface area contributed by atoms with E-state index in [1.54, 1.807) is 11.3 Å². The Kier molecular flexibility index (Phi) is 1.82. The second-order valence-corrected chi connectivity index (χ2v) is 4.96. The monoisotopic (exact) mass is 232 g/mol. The fourth-order valence-electron chi connectivity index (χ4n) is 1.33. The molecule has 0 amide bonds. The van der Waals surface area contributed by atoms with E-state index in [-0.39, 0.29) is 4.83 Å². The van der Waals surface area contributed by atoms with Crippen molar-refractivity contribution in [2.75, 3.05) is 0 Å². The average molecular weight is 233 g/mol. The van der Waals surface area contributed by atoms with Crippen LogP contribution in [0.4, 0.5) is 0 Å². The highest BCUT2D eigenvalue weighted by atomic mass is 79.9. The van der Waals surface area contributed by atoms with Crippen molar-refractivity contribution in [1.29, 1.82) is 0 Å². The molecule has 2 rings (SSSR count). The van der Waals surface area contributed by atoms with Crippen molar-refractivity contribution in [2.24, 2.45) is 0 Å². The zero-order valence-corrected chi connectivity index (χ0v) is 8.36. The molecule has 0 aromatic carbocycles. The molecule has 1 nitrogen and oxygen atoms in total. The van der Waals surface area contributed by atoms with Gasteiger partial charge >= 0.3 is 0 Å². The molecule has 3 heteroatoms. The first-order valence-corrected chi connectivity index (χ1v) is 5.43. The molecule has 0 bridgehead atoms. The van der Waals surface area contributed by atoms with Crippen LogP contribution in [0, 0.1) is 0 Å². The predicted octanol–water partition coefficient (Wildman–Crippen LogP) is 2.49. The second kappa shape index (κ2) is 2.57. The summed E-state index contributed by atoms with van der Waals surface area (Å²) in [5.74, 6) is 0. The smallest absolute Gasteiger partial charge is 0.111 e. The summed E-state index contributed by atoms with van der Waals surface area (Å²) in [7, 11) is 0. The standard InChI is InChI=1S/C8H9BrOS/c9-6-3-4-8(6,10)7-2-1-5-11-7/h1-2,5-6,10H,3-4H2/t6-,8-/m1/s1. The molecule has 0 spiro atoms. The van der Waals surface area contributed by atoms with Crippen LogP contribution in [0.2, 0.25) is 0 Å². The molecule has 2 atom stereocenters.